The van der Waals surface area contributed by atoms with E-state index in [4.69, 9.17) is 0 Å². The molecule has 0 saturated heterocycles. The third-order valence-electron chi connectivity index (χ3n) is 1.27. The first kappa shape index (κ1) is 9.57. The van der Waals surface area contributed by atoms with Crippen molar-refractivity contribution in [2.24, 2.45) is 0 Å². The van der Waals surface area contributed by atoms with Gasteiger partial charge in [0.15, 0.2) is 11.6 Å². The maximum absolute atomic E-state index is 12.7. The molecular formula is C8H4F4O. The van der Waals surface area contributed by atoms with Gasteiger partial charge >= 0.3 is 0 Å². The summed E-state index contributed by atoms with van der Waals surface area (Å²) in [7, 11) is 0. The lowest BCUT2D eigenvalue weighted by Gasteiger charge is -2.04. The lowest BCUT2D eigenvalue weighted by Crippen LogP contribution is -1.98. The number of ether oxygens (including phenoxy) is 1. The Kier molecular flexibility index (Phi) is 2.55. The molecule has 0 aliphatic heterocycles. The molecule has 0 aliphatic rings. The predicted octanol–water partition coefficient (Wildman–Crippen LogP) is 2.77. The highest BCUT2D eigenvalue weighted by molar-refractivity contribution is 5.29. The summed E-state index contributed by atoms with van der Waals surface area (Å²) < 4.78 is 54.4. The summed E-state index contributed by atoms with van der Waals surface area (Å²) in [5.41, 5.74) is 0. The van der Waals surface area contributed by atoms with Gasteiger partial charge in [-0.05, 0) is 0 Å². The molecule has 0 N–H and O–H groups in total. The van der Waals surface area contributed by atoms with E-state index in [0.29, 0.717) is 6.26 Å². The van der Waals surface area contributed by atoms with Crippen LogP contribution in [-0.4, -0.2) is 0 Å². The zero-order valence-electron chi connectivity index (χ0n) is 6.28. The van der Waals surface area contributed by atoms with E-state index in [1.54, 1.807) is 0 Å². The first-order valence-corrected chi connectivity index (χ1v) is 3.18. The highest BCUT2D eigenvalue weighted by Crippen LogP contribution is 2.26. The highest BCUT2D eigenvalue weighted by atomic mass is 19.2. The molecule has 0 aromatic heterocycles. The fraction of sp³-hybridized carbons (Fsp3) is 0. The van der Waals surface area contributed by atoms with Crippen LogP contribution in [0.2, 0.25) is 0 Å². The van der Waals surface area contributed by atoms with Crippen molar-refractivity contribution in [2.75, 3.05) is 0 Å². The first-order valence-electron chi connectivity index (χ1n) is 3.18. The molecule has 0 atom stereocenters. The van der Waals surface area contributed by atoms with E-state index in [2.05, 4.69) is 11.3 Å². The molecule has 0 bridgehead atoms. The zero-order chi connectivity index (χ0) is 10.0. The molecule has 70 valence electrons. The van der Waals surface area contributed by atoms with Crippen LogP contribution in [0.25, 0.3) is 0 Å². The van der Waals surface area contributed by atoms with Crippen LogP contribution in [0, 0.1) is 23.3 Å². The Morgan fingerprint density at radius 2 is 1.54 bits per heavy atom. The second-order valence-electron chi connectivity index (χ2n) is 2.08. The molecule has 0 saturated carbocycles. The molecule has 0 radical (unpaired) electrons. The van der Waals surface area contributed by atoms with Gasteiger partial charge < -0.3 is 4.74 Å². The van der Waals surface area contributed by atoms with Crippen molar-refractivity contribution in [1.29, 1.82) is 0 Å². The molecule has 1 aromatic carbocycles. The molecule has 0 spiro atoms. The Morgan fingerprint density at radius 3 is 1.92 bits per heavy atom. The number of hydrogen-bond acceptors (Lipinski definition) is 1. The van der Waals surface area contributed by atoms with Gasteiger partial charge in [0.1, 0.15) is 0 Å². The van der Waals surface area contributed by atoms with Gasteiger partial charge in [-0.25, -0.2) is 8.78 Å². The number of rotatable bonds is 2. The largest absolute Gasteiger partial charge is 0.459 e. The van der Waals surface area contributed by atoms with Crippen molar-refractivity contribution in [3.05, 3.63) is 42.2 Å². The van der Waals surface area contributed by atoms with E-state index in [1.165, 1.54) is 0 Å². The first-order chi connectivity index (χ1) is 6.07. The molecule has 1 rings (SSSR count). The summed E-state index contributed by atoms with van der Waals surface area (Å²) in [5.74, 6) is -7.34. The number of benzene rings is 1. The van der Waals surface area contributed by atoms with Crippen LogP contribution in [0.15, 0.2) is 18.9 Å². The van der Waals surface area contributed by atoms with Crippen molar-refractivity contribution >= 4 is 0 Å². The second kappa shape index (κ2) is 3.47. The van der Waals surface area contributed by atoms with Crippen LogP contribution >= 0.6 is 0 Å². The highest BCUT2D eigenvalue weighted by Gasteiger charge is 2.19. The van der Waals surface area contributed by atoms with Crippen molar-refractivity contribution in [3.8, 4) is 5.75 Å². The van der Waals surface area contributed by atoms with Crippen LogP contribution in [-0.2, 0) is 0 Å². The predicted molar refractivity (Wildman–Crippen MR) is 37.1 cm³/mol. The normalized spacial score (nSPS) is 9.85. The summed E-state index contributed by atoms with van der Waals surface area (Å²) in [6, 6.07) is 0.0978. The van der Waals surface area contributed by atoms with Gasteiger partial charge in [-0.3, -0.25) is 0 Å². The van der Waals surface area contributed by atoms with Crippen LogP contribution < -0.4 is 4.74 Å². The molecule has 1 aromatic rings. The topological polar surface area (TPSA) is 9.23 Å². The van der Waals surface area contributed by atoms with Crippen molar-refractivity contribution in [1.82, 2.24) is 0 Å². The average molecular weight is 192 g/mol. The maximum atomic E-state index is 12.7. The third kappa shape index (κ3) is 1.63. The summed E-state index contributed by atoms with van der Waals surface area (Å²) in [4.78, 5) is 0. The van der Waals surface area contributed by atoms with Gasteiger partial charge in [0.25, 0.3) is 0 Å². The molecule has 0 fully saturated rings. The molecule has 1 nitrogen and oxygen atoms in total. The number of halogens is 4. The minimum atomic E-state index is -1.58. The van der Waals surface area contributed by atoms with Gasteiger partial charge in [-0.1, -0.05) is 6.58 Å². The molecule has 13 heavy (non-hydrogen) atoms. The van der Waals surface area contributed by atoms with Gasteiger partial charge in [-0.2, -0.15) is 8.78 Å². The molecule has 0 unspecified atom stereocenters. The number of hydrogen-bond donors (Lipinski definition) is 0. The second-order valence-corrected chi connectivity index (χ2v) is 2.08. The van der Waals surface area contributed by atoms with E-state index in [-0.39, 0.29) is 6.07 Å². The average Bonchev–Trinajstić information content (AvgIpc) is 2.09. The minimum absolute atomic E-state index is 0.0978. The van der Waals surface area contributed by atoms with Crippen LogP contribution in [0.5, 0.6) is 5.75 Å². The van der Waals surface area contributed by atoms with Crippen LogP contribution in [0.3, 0.4) is 0 Å². The van der Waals surface area contributed by atoms with E-state index in [1.807, 2.05) is 0 Å². The Hall–Kier alpha value is -1.52. The van der Waals surface area contributed by atoms with Gasteiger partial charge in [0.2, 0.25) is 17.4 Å². The molecule has 0 aliphatic carbocycles. The standard InChI is InChI=1S/C8H4F4O/c1-2-13-8-6(11)4(9)3-5(10)7(8)12/h2-3H,1H2. The Labute approximate surface area is 71.2 Å². The van der Waals surface area contributed by atoms with Crippen molar-refractivity contribution in [3.63, 3.8) is 0 Å². The molecule has 0 amide bonds. The zero-order valence-corrected chi connectivity index (χ0v) is 6.28. The lowest BCUT2D eigenvalue weighted by atomic mass is 10.3. The molecule has 0 heterocycles. The lowest BCUT2D eigenvalue weighted by molar-refractivity contribution is 0.365. The monoisotopic (exact) mass is 192 g/mol. The molecule has 5 heteroatoms. The van der Waals surface area contributed by atoms with Gasteiger partial charge in [0, 0.05) is 6.07 Å². The van der Waals surface area contributed by atoms with E-state index in [0.717, 1.165) is 0 Å². The maximum Gasteiger partial charge on any atom is 0.204 e. The van der Waals surface area contributed by atoms with Crippen molar-refractivity contribution < 1.29 is 22.3 Å². The van der Waals surface area contributed by atoms with E-state index in [9.17, 15) is 17.6 Å². The van der Waals surface area contributed by atoms with Crippen LogP contribution in [0.1, 0.15) is 0 Å². The quantitative estimate of drug-likeness (QED) is 0.397. The fourth-order valence-corrected chi connectivity index (χ4v) is 0.738. The summed E-state index contributed by atoms with van der Waals surface area (Å²) in [5, 5.41) is 0. The van der Waals surface area contributed by atoms with Crippen LogP contribution in [0.4, 0.5) is 17.6 Å². The summed E-state index contributed by atoms with van der Waals surface area (Å²) >= 11 is 0. The van der Waals surface area contributed by atoms with E-state index < -0.39 is 29.0 Å². The van der Waals surface area contributed by atoms with E-state index >= 15 is 0 Å². The fourth-order valence-electron chi connectivity index (χ4n) is 0.738. The summed E-state index contributed by atoms with van der Waals surface area (Å²) in [6.45, 7) is 3.00. The Morgan fingerprint density at radius 1 is 1.08 bits per heavy atom. The van der Waals surface area contributed by atoms with Gasteiger partial charge in [0.05, 0.1) is 6.26 Å². The van der Waals surface area contributed by atoms with Gasteiger partial charge in [-0.15, -0.1) is 0 Å². The minimum Gasteiger partial charge on any atom is -0.459 e. The van der Waals surface area contributed by atoms with Crippen molar-refractivity contribution in [2.45, 2.75) is 0 Å². The summed E-state index contributed by atoms with van der Waals surface area (Å²) in [6.07, 6.45) is 0.667. The Balaban J connectivity index is 3.36. The smallest absolute Gasteiger partial charge is 0.204 e. The molecular weight excluding hydrogens is 188 g/mol. The third-order valence-corrected chi connectivity index (χ3v) is 1.27. The SMILES string of the molecule is C=COc1c(F)c(F)cc(F)c1F. The Bertz CT molecular complexity index is 322.